The first-order valence-corrected chi connectivity index (χ1v) is 27.5. The molecule has 0 unspecified atom stereocenters. The van der Waals surface area contributed by atoms with Crippen LogP contribution >= 0.6 is 0 Å². The molecule has 2 aromatic heterocycles. The zero-order valence-electron chi connectivity index (χ0n) is 49.5. The lowest BCUT2D eigenvalue weighted by molar-refractivity contribution is 0.0105. The molecule has 1 aliphatic heterocycles. The van der Waals surface area contributed by atoms with Crippen LogP contribution < -0.4 is 26.9 Å². The van der Waals surface area contributed by atoms with Crippen LogP contribution in [0.2, 0.25) is 0 Å². The third-order valence-electron chi connectivity index (χ3n) is 11.4. The number of carbonyl (C=O) groups excluding carboxylic acids is 4. The van der Waals surface area contributed by atoms with Crippen molar-refractivity contribution < 1.29 is 48.0 Å². The number of aliphatic hydroxyl groups is 1. The number of hydrogen-bond acceptors (Lipinski definition) is 14. The van der Waals surface area contributed by atoms with Crippen LogP contribution in [0.15, 0.2) is 158 Å². The number of alkyl carbamates (subject to hydrolysis) is 2. The highest BCUT2D eigenvalue weighted by Crippen LogP contribution is 2.22. The molecule has 82 heavy (non-hydrogen) atoms. The summed E-state index contributed by atoms with van der Waals surface area (Å²) in [7, 11) is 0. The molecule has 3 heterocycles. The minimum atomic E-state index is -1.06. The fraction of sp³-hybridized carbons (Fsp3) is 0.406. The van der Waals surface area contributed by atoms with Gasteiger partial charge in [-0.1, -0.05) is 121 Å². The molecule has 1 aliphatic rings. The monoisotopic (exact) mass is 1120 g/mol. The van der Waals surface area contributed by atoms with E-state index in [4.69, 9.17) is 23.7 Å². The number of epoxide rings is 1. The first kappa shape index (κ1) is 64.9. The number of nitrogens with zero attached hydrogens (tertiary/aromatic N) is 3. The molecular weight excluding hydrogens is 1040 g/mol. The number of aliphatic hydroxyl groups excluding tert-OH is 1. The zero-order chi connectivity index (χ0) is 59.9. The van der Waals surface area contributed by atoms with Crippen LogP contribution in [-0.4, -0.2) is 104 Å². The number of benzene rings is 4. The predicted octanol–water partition coefficient (Wildman–Crippen LogP) is 11.3. The van der Waals surface area contributed by atoms with Crippen LogP contribution in [-0.2, 0) is 49.6 Å². The maximum absolute atomic E-state index is 12.7. The molecule has 7 rings (SSSR count). The van der Waals surface area contributed by atoms with Gasteiger partial charge in [-0.25, -0.2) is 29.6 Å². The van der Waals surface area contributed by atoms with Gasteiger partial charge in [-0.15, -0.1) is 0 Å². The van der Waals surface area contributed by atoms with E-state index in [0.29, 0.717) is 19.6 Å². The number of rotatable bonds is 18. The lowest BCUT2D eigenvalue weighted by Crippen LogP contribution is -2.54. The zero-order valence-corrected chi connectivity index (χ0v) is 49.5. The van der Waals surface area contributed by atoms with Gasteiger partial charge in [0.2, 0.25) is 0 Å². The molecule has 4 atom stereocenters. The third-order valence-corrected chi connectivity index (χ3v) is 11.4. The van der Waals surface area contributed by atoms with Crippen molar-refractivity contribution in [2.45, 2.75) is 156 Å². The van der Waals surface area contributed by atoms with Crippen molar-refractivity contribution >= 4 is 24.4 Å². The molecule has 0 aliphatic carbocycles. The first-order chi connectivity index (χ1) is 38.6. The highest BCUT2D eigenvalue weighted by atomic mass is 16.6. The van der Waals surface area contributed by atoms with Crippen LogP contribution in [0, 0.1) is 0 Å². The number of amides is 4. The quantitative estimate of drug-likeness (QED) is 0.0267. The number of hydrogen-bond donors (Lipinski definition) is 6. The number of nitrogens with one attached hydrogen (secondary N) is 5. The van der Waals surface area contributed by atoms with Crippen LogP contribution in [0.4, 0.5) is 19.2 Å². The van der Waals surface area contributed by atoms with Gasteiger partial charge in [-0.05, 0) is 142 Å². The Morgan fingerprint density at radius 3 is 1.41 bits per heavy atom. The molecule has 440 valence electrons. The van der Waals surface area contributed by atoms with E-state index in [9.17, 15) is 24.3 Å². The molecule has 6 N–H and O–H groups in total. The summed E-state index contributed by atoms with van der Waals surface area (Å²) in [5.41, 5.74) is 13.6. The molecule has 0 saturated carbocycles. The number of hydrazine groups is 2. The van der Waals surface area contributed by atoms with Crippen LogP contribution in [0.25, 0.3) is 22.5 Å². The summed E-state index contributed by atoms with van der Waals surface area (Å²) in [5.74, 6) is 0. The Morgan fingerprint density at radius 2 is 0.963 bits per heavy atom. The van der Waals surface area contributed by atoms with Crippen LogP contribution in [0.1, 0.15) is 105 Å². The SMILES string of the molecule is CC(C)(C)OC(=O)NNCc1ccc(-c2ccccn2)cc1.CC(C)(C)OC(=O)N[C@@H](Cc1ccccc1)[C@@H](O)CN(Cc1ccc(-c2ccccn2)cc1)NC(=O)OC(C)(C)C.CC(C)(C)OC(=O)N[C@@H](Cc1ccccc1)[C@@H]1CO1. The van der Waals surface area contributed by atoms with E-state index in [1.807, 2.05) is 187 Å². The molecular formula is C64H84N8O10. The van der Waals surface area contributed by atoms with Crippen molar-refractivity contribution in [3.8, 4) is 22.5 Å². The smallest absolute Gasteiger partial charge is 0.422 e. The molecule has 4 aromatic carbocycles. The average molecular weight is 1130 g/mol. The minimum absolute atomic E-state index is 0.00847. The topological polar surface area (TPSA) is 227 Å². The van der Waals surface area contributed by atoms with E-state index in [0.717, 1.165) is 45.6 Å². The highest BCUT2D eigenvalue weighted by Gasteiger charge is 2.35. The summed E-state index contributed by atoms with van der Waals surface area (Å²) >= 11 is 0. The number of aromatic nitrogens is 2. The van der Waals surface area contributed by atoms with Gasteiger partial charge in [0.25, 0.3) is 0 Å². The van der Waals surface area contributed by atoms with E-state index < -0.39 is 52.8 Å². The highest BCUT2D eigenvalue weighted by molar-refractivity contribution is 5.69. The fourth-order valence-electron chi connectivity index (χ4n) is 7.82. The van der Waals surface area contributed by atoms with E-state index >= 15 is 0 Å². The van der Waals surface area contributed by atoms with Gasteiger partial charge in [-0.2, -0.15) is 0 Å². The Morgan fingerprint density at radius 1 is 0.537 bits per heavy atom. The Hall–Kier alpha value is -7.90. The van der Waals surface area contributed by atoms with Gasteiger partial charge in [0.05, 0.1) is 36.2 Å². The third kappa shape index (κ3) is 26.6. The molecule has 1 fully saturated rings. The van der Waals surface area contributed by atoms with Gasteiger partial charge in [0.15, 0.2) is 0 Å². The minimum Gasteiger partial charge on any atom is -0.444 e. The number of carbonyl (C=O) groups is 4. The molecule has 6 aromatic rings. The van der Waals surface area contributed by atoms with Crippen LogP contribution in [0.3, 0.4) is 0 Å². The summed E-state index contributed by atoms with van der Waals surface area (Å²) < 4.78 is 26.6. The summed E-state index contributed by atoms with van der Waals surface area (Å²) in [4.78, 5) is 57.4. The van der Waals surface area contributed by atoms with Gasteiger partial charge < -0.3 is 39.4 Å². The van der Waals surface area contributed by atoms with Gasteiger partial charge in [0, 0.05) is 43.2 Å². The molecule has 18 heteroatoms. The normalized spacial score (nSPS) is 14.1. The van der Waals surface area contributed by atoms with Crippen molar-refractivity contribution in [3.05, 3.63) is 180 Å². The predicted molar refractivity (Wildman–Crippen MR) is 318 cm³/mol. The summed E-state index contributed by atoms with van der Waals surface area (Å²) in [6.45, 7) is 23.2. The molecule has 0 spiro atoms. The second kappa shape index (κ2) is 30.8. The van der Waals surface area contributed by atoms with E-state index in [2.05, 4.69) is 36.9 Å². The average Bonchev–Trinajstić information content (AvgIpc) is 4.30. The van der Waals surface area contributed by atoms with E-state index in [1.54, 1.807) is 58.9 Å². The molecule has 1 saturated heterocycles. The van der Waals surface area contributed by atoms with Crippen molar-refractivity contribution in [1.82, 2.24) is 41.9 Å². The van der Waals surface area contributed by atoms with Gasteiger partial charge >= 0.3 is 24.4 Å². The summed E-state index contributed by atoms with van der Waals surface area (Å²) in [6.07, 6.45) is 1.53. The number of pyridine rings is 2. The Balaban J connectivity index is 0.000000251. The Kier molecular flexibility index (Phi) is 24.4. The van der Waals surface area contributed by atoms with E-state index in [1.165, 1.54) is 5.56 Å². The van der Waals surface area contributed by atoms with Crippen molar-refractivity contribution in [2.24, 2.45) is 0 Å². The van der Waals surface area contributed by atoms with Crippen LogP contribution in [0.5, 0.6) is 0 Å². The van der Waals surface area contributed by atoms with Gasteiger partial charge in [0.1, 0.15) is 28.5 Å². The molecule has 0 radical (unpaired) electrons. The molecule has 0 bridgehead atoms. The van der Waals surface area contributed by atoms with Crippen molar-refractivity contribution in [2.75, 3.05) is 13.2 Å². The molecule has 18 nitrogen and oxygen atoms in total. The number of ether oxygens (including phenoxy) is 5. The van der Waals surface area contributed by atoms with E-state index in [-0.39, 0.29) is 31.3 Å². The molecule has 4 amide bonds. The largest absolute Gasteiger partial charge is 0.444 e. The summed E-state index contributed by atoms with van der Waals surface area (Å²) in [5, 5.41) is 18.7. The lowest BCUT2D eigenvalue weighted by Gasteiger charge is -2.31. The van der Waals surface area contributed by atoms with Crippen molar-refractivity contribution in [3.63, 3.8) is 0 Å². The maximum Gasteiger partial charge on any atom is 0.422 e. The lowest BCUT2D eigenvalue weighted by atomic mass is 10.0. The first-order valence-electron chi connectivity index (χ1n) is 27.5. The second-order valence-electron chi connectivity index (χ2n) is 23.6. The maximum atomic E-state index is 12.7. The van der Waals surface area contributed by atoms with Crippen molar-refractivity contribution in [1.29, 1.82) is 0 Å². The fourth-order valence-corrected chi connectivity index (χ4v) is 7.82. The standard InChI is InChI=1S/C32H42N4O5.C17H21N3O2.C15H21NO3/c1-31(2,3)40-29(38)34-27(20-23-12-8-7-9-13-23)28(37)22-36(35-30(39)41-32(4,5)6)21-24-15-17-25(18-16-24)26-14-10-11-19-33-26;1-17(2,3)22-16(21)20-19-12-13-7-9-14(10-8-13)15-6-4-5-11-18-15;1-15(2,3)19-14(17)16-12(13-10-18-13)9-11-7-5-4-6-8-11/h7-19,27-28,37H,20-22H2,1-6H3,(H,34,38)(H,35,39);4-11,19H,12H2,1-3H3,(H,20,21);4-8,12-13H,9-10H2,1-3H3,(H,16,17)/t27-,28-;;12-,13-/m0.0/s1. The Labute approximate surface area is 484 Å². The second-order valence-corrected chi connectivity index (χ2v) is 23.6. The Bertz CT molecular complexity index is 2850. The van der Waals surface area contributed by atoms with Gasteiger partial charge in [-0.3, -0.25) is 20.8 Å². The summed E-state index contributed by atoms with van der Waals surface area (Å²) in [6, 6.07) is 46.3.